The Bertz CT molecular complexity index is 465. The summed E-state index contributed by atoms with van der Waals surface area (Å²) in [6, 6.07) is 3.42. The first kappa shape index (κ1) is 21.0. The minimum Gasteiger partial charge on any atom is -0.355 e. The van der Waals surface area contributed by atoms with Gasteiger partial charge in [0.1, 0.15) is 11.6 Å². The fourth-order valence-electron chi connectivity index (χ4n) is 1.95. The van der Waals surface area contributed by atoms with Crippen LogP contribution in [0.2, 0.25) is 0 Å². The number of aliphatic imine (C=N–C) groups is 1. The van der Waals surface area contributed by atoms with E-state index in [4.69, 9.17) is 0 Å². The van der Waals surface area contributed by atoms with Gasteiger partial charge in [-0.05, 0) is 31.3 Å². The molecule has 1 rings (SSSR count). The van der Waals surface area contributed by atoms with Gasteiger partial charge in [0, 0.05) is 32.2 Å². The van der Waals surface area contributed by atoms with E-state index in [1.165, 1.54) is 6.07 Å². The number of hydrogen-bond acceptors (Lipinski definition) is 2. The molecule has 0 bridgehead atoms. The zero-order valence-electron chi connectivity index (χ0n) is 13.3. The minimum absolute atomic E-state index is 0. The van der Waals surface area contributed by atoms with Gasteiger partial charge in [-0.1, -0.05) is 13.8 Å². The van der Waals surface area contributed by atoms with Crippen LogP contribution >= 0.6 is 24.0 Å². The van der Waals surface area contributed by atoms with E-state index in [0.717, 1.165) is 38.3 Å². The second-order valence-electron chi connectivity index (χ2n) is 4.62. The second kappa shape index (κ2) is 11.6. The van der Waals surface area contributed by atoms with Crippen molar-refractivity contribution >= 4 is 29.9 Å². The topological polar surface area (TPSA) is 39.7 Å². The summed E-state index contributed by atoms with van der Waals surface area (Å²) >= 11 is 0. The highest BCUT2D eigenvalue weighted by Gasteiger charge is 2.05. The molecule has 0 fully saturated rings. The molecule has 1 aromatic rings. The van der Waals surface area contributed by atoms with E-state index < -0.39 is 11.6 Å². The largest absolute Gasteiger partial charge is 0.355 e. The Hall–Kier alpha value is -0.960. The number of rotatable bonds is 7. The molecule has 0 spiro atoms. The Balaban J connectivity index is 0.00000441. The molecule has 0 radical (unpaired) electrons. The van der Waals surface area contributed by atoms with E-state index in [1.54, 1.807) is 7.05 Å². The molecule has 0 unspecified atom stereocenters. The lowest BCUT2D eigenvalue weighted by molar-refractivity contribution is 0.308. The van der Waals surface area contributed by atoms with Crippen molar-refractivity contribution in [1.29, 1.82) is 0 Å². The Kier molecular flexibility index (Phi) is 11.1. The van der Waals surface area contributed by atoms with Crippen LogP contribution in [0, 0.1) is 11.6 Å². The van der Waals surface area contributed by atoms with E-state index >= 15 is 0 Å². The molecule has 4 nitrogen and oxygen atoms in total. The highest BCUT2D eigenvalue weighted by atomic mass is 127. The van der Waals surface area contributed by atoms with Crippen LogP contribution in [0.25, 0.3) is 0 Å². The normalized spacial score (nSPS) is 11.3. The predicted octanol–water partition coefficient (Wildman–Crippen LogP) is 2.59. The number of benzene rings is 1. The lowest BCUT2D eigenvalue weighted by atomic mass is 10.2. The number of likely N-dealkylation sites (N-methyl/N-ethyl adjacent to an activating group) is 1. The van der Waals surface area contributed by atoms with Crippen molar-refractivity contribution in [3.8, 4) is 0 Å². The van der Waals surface area contributed by atoms with Crippen molar-refractivity contribution in [3.63, 3.8) is 0 Å². The molecule has 0 aromatic heterocycles. The molecular formula is C15H25F2IN4. The van der Waals surface area contributed by atoms with Crippen LogP contribution in [0.15, 0.2) is 23.2 Å². The molecule has 0 aliphatic carbocycles. The highest BCUT2D eigenvalue weighted by Crippen LogP contribution is 2.08. The maximum atomic E-state index is 13.5. The molecule has 0 saturated carbocycles. The molecule has 0 saturated heterocycles. The van der Waals surface area contributed by atoms with Gasteiger partial charge >= 0.3 is 0 Å². The standard InChI is InChI=1S/C15H24F2N4.HI/c1-4-21(5-2)9-8-19-15(18-3)20-11-12-10-13(16)6-7-14(12)17;/h6-7,10H,4-5,8-9,11H2,1-3H3,(H2,18,19,20);1H. The Labute approximate surface area is 148 Å². The van der Waals surface area contributed by atoms with Crippen molar-refractivity contribution < 1.29 is 8.78 Å². The number of hydrogen-bond donors (Lipinski definition) is 2. The Morgan fingerprint density at radius 1 is 1.18 bits per heavy atom. The zero-order valence-corrected chi connectivity index (χ0v) is 15.7. The van der Waals surface area contributed by atoms with Gasteiger partial charge in [0.2, 0.25) is 0 Å². The van der Waals surface area contributed by atoms with E-state index in [9.17, 15) is 8.78 Å². The van der Waals surface area contributed by atoms with Crippen LogP contribution in [0.3, 0.4) is 0 Å². The highest BCUT2D eigenvalue weighted by molar-refractivity contribution is 14.0. The third kappa shape index (κ3) is 7.35. The summed E-state index contributed by atoms with van der Waals surface area (Å²) in [5.74, 6) is -0.300. The summed E-state index contributed by atoms with van der Waals surface area (Å²) in [4.78, 5) is 6.35. The maximum Gasteiger partial charge on any atom is 0.191 e. The summed E-state index contributed by atoms with van der Waals surface area (Å²) in [6.07, 6.45) is 0. The quantitative estimate of drug-likeness (QED) is 0.400. The summed E-state index contributed by atoms with van der Waals surface area (Å²) < 4.78 is 26.6. The van der Waals surface area contributed by atoms with E-state index in [1.807, 2.05) is 0 Å². The molecule has 2 N–H and O–H groups in total. The third-order valence-corrected chi connectivity index (χ3v) is 3.29. The fourth-order valence-corrected chi connectivity index (χ4v) is 1.95. The van der Waals surface area contributed by atoms with Gasteiger partial charge < -0.3 is 15.5 Å². The second-order valence-corrected chi connectivity index (χ2v) is 4.62. The average Bonchev–Trinajstić information content (AvgIpc) is 2.50. The van der Waals surface area contributed by atoms with Gasteiger partial charge in [-0.25, -0.2) is 8.78 Å². The Morgan fingerprint density at radius 3 is 2.45 bits per heavy atom. The first-order valence-corrected chi connectivity index (χ1v) is 7.21. The maximum absolute atomic E-state index is 13.5. The molecule has 7 heteroatoms. The lowest BCUT2D eigenvalue weighted by Crippen LogP contribution is -2.41. The van der Waals surface area contributed by atoms with Crippen molar-refractivity contribution in [2.75, 3.05) is 33.2 Å². The third-order valence-electron chi connectivity index (χ3n) is 3.29. The number of guanidine groups is 1. The molecule has 0 aliphatic heterocycles. The number of nitrogens with one attached hydrogen (secondary N) is 2. The zero-order chi connectivity index (χ0) is 15.7. The van der Waals surface area contributed by atoms with Crippen molar-refractivity contribution in [2.45, 2.75) is 20.4 Å². The van der Waals surface area contributed by atoms with Gasteiger partial charge in [0.15, 0.2) is 5.96 Å². The van der Waals surface area contributed by atoms with Gasteiger partial charge in [-0.2, -0.15) is 0 Å². The van der Waals surface area contributed by atoms with Crippen LogP contribution in [0.4, 0.5) is 8.78 Å². The van der Waals surface area contributed by atoms with Crippen molar-refractivity contribution in [3.05, 3.63) is 35.4 Å². The van der Waals surface area contributed by atoms with E-state index in [0.29, 0.717) is 5.96 Å². The molecule has 0 aliphatic rings. The van der Waals surface area contributed by atoms with Crippen LogP contribution in [0.1, 0.15) is 19.4 Å². The summed E-state index contributed by atoms with van der Waals surface area (Å²) in [5.41, 5.74) is 0.279. The van der Waals surface area contributed by atoms with Crippen molar-refractivity contribution in [2.24, 2.45) is 4.99 Å². The van der Waals surface area contributed by atoms with Gasteiger partial charge in [0.05, 0.1) is 0 Å². The lowest BCUT2D eigenvalue weighted by Gasteiger charge is -2.19. The average molecular weight is 426 g/mol. The van der Waals surface area contributed by atoms with Crippen LogP contribution < -0.4 is 10.6 Å². The van der Waals surface area contributed by atoms with Crippen LogP contribution in [-0.4, -0.2) is 44.1 Å². The van der Waals surface area contributed by atoms with Crippen LogP contribution in [0.5, 0.6) is 0 Å². The van der Waals surface area contributed by atoms with Gasteiger partial charge in [-0.15, -0.1) is 24.0 Å². The SMILES string of the molecule is CCN(CC)CCNC(=NC)NCc1cc(F)ccc1F.I. The molecule has 0 heterocycles. The summed E-state index contributed by atoms with van der Waals surface area (Å²) in [5, 5.41) is 6.13. The monoisotopic (exact) mass is 426 g/mol. The molecule has 126 valence electrons. The molecule has 0 amide bonds. The summed E-state index contributed by atoms with van der Waals surface area (Å²) in [7, 11) is 1.65. The first-order valence-electron chi connectivity index (χ1n) is 7.21. The van der Waals surface area contributed by atoms with E-state index in [2.05, 4.69) is 34.4 Å². The smallest absolute Gasteiger partial charge is 0.191 e. The molecule has 1 aromatic carbocycles. The molecule has 0 atom stereocenters. The molecule has 22 heavy (non-hydrogen) atoms. The van der Waals surface area contributed by atoms with Gasteiger partial charge in [0.25, 0.3) is 0 Å². The molecular weight excluding hydrogens is 401 g/mol. The summed E-state index contributed by atoms with van der Waals surface area (Å²) in [6.45, 7) is 8.06. The number of halogens is 3. The number of nitrogens with zero attached hydrogens (tertiary/aromatic N) is 2. The Morgan fingerprint density at radius 2 is 1.86 bits per heavy atom. The predicted molar refractivity (Wildman–Crippen MR) is 97.8 cm³/mol. The van der Waals surface area contributed by atoms with E-state index in [-0.39, 0.29) is 36.1 Å². The van der Waals surface area contributed by atoms with Crippen molar-refractivity contribution in [1.82, 2.24) is 15.5 Å². The first-order chi connectivity index (χ1) is 10.1. The minimum atomic E-state index is -0.447. The van der Waals surface area contributed by atoms with Gasteiger partial charge in [-0.3, -0.25) is 4.99 Å². The van der Waals surface area contributed by atoms with Crippen LogP contribution in [-0.2, 0) is 6.54 Å². The fraction of sp³-hybridized carbons (Fsp3) is 0.533.